The van der Waals surface area contributed by atoms with Gasteiger partial charge in [0.15, 0.2) is 0 Å². The molecule has 1 spiro atoms. The molecule has 4 aliphatic rings. The molecule has 2 aliphatic carbocycles. The average Bonchev–Trinajstić information content (AvgIpc) is 3.31. The summed E-state index contributed by atoms with van der Waals surface area (Å²) in [7, 11) is 0. The Balaban J connectivity index is 1.25. The fraction of sp³-hybridized carbons (Fsp3) is 0.481. The lowest BCUT2D eigenvalue weighted by molar-refractivity contribution is -0.131. The van der Waals surface area contributed by atoms with Gasteiger partial charge in [0.2, 0.25) is 5.91 Å². The second kappa shape index (κ2) is 8.08. The van der Waals surface area contributed by atoms with E-state index in [1.807, 2.05) is 21.9 Å². The highest BCUT2D eigenvalue weighted by molar-refractivity contribution is 6.15. The van der Waals surface area contributed by atoms with Gasteiger partial charge in [-0.1, -0.05) is 37.1 Å². The number of pyridine rings is 1. The minimum Gasteiger partial charge on any atom is -0.342 e. The number of carbonyl (C=O) groups excluding carboxylic acids is 2. The number of aromatic nitrogens is 1. The Morgan fingerprint density at radius 2 is 1.61 bits per heavy atom. The lowest BCUT2D eigenvalue weighted by atomic mass is 9.97. The molecular formula is C27H30N4O2. The van der Waals surface area contributed by atoms with Gasteiger partial charge in [-0.2, -0.15) is 0 Å². The molecule has 6 rings (SSSR count). The first-order valence-corrected chi connectivity index (χ1v) is 12.3. The molecule has 0 unspecified atom stereocenters. The van der Waals surface area contributed by atoms with Gasteiger partial charge in [-0.3, -0.25) is 24.5 Å². The molecular weight excluding hydrogens is 412 g/mol. The smallest absolute Gasteiger partial charge is 0.256 e. The van der Waals surface area contributed by atoms with Crippen molar-refractivity contribution in [2.75, 3.05) is 19.6 Å². The monoisotopic (exact) mass is 442 g/mol. The molecule has 1 saturated heterocycles. The van der Waals surface area contributed by atoms with Gasteiger partial charge >= 0.3 is 0 Å². The van der Waals surface area contributed by atoms with E-state index in [1.165, 1.54) is 0 Å². The predicted octanol–water partition coefficient (Wildman–Crippen LogP) is 3.91. The van der Waals surface area contributed by atoms with Crippen molar-refractivity contribution < 1.29 is 9.59 Å². The van der Waals surface area contributed by atoms with Crippen molar-refractivity contribution in [1.29, 1.82) is 0 Å². The number of nitrogens with zero attached hydrogens (tertiary/aromatic N) is 4. The number of rotatable bonds is 5. The van der Waals surface area contributed by atoms with E-state index in [1.54, 1.807) is 12.4 Å². The highest BCUT2D eigenvalue weighted by atomic mass is 16.2. The average molecular weight is 443 g/mol. The molecule has 170 valence electrons. The lowest BCUT2D eigenvalue weighted by Gasteiger charge is -2.25. The third-order valence-corrected chi connectivity index (χ3v) is 7.77. The third kappa shape index (κ3) is 3.75. The van der Waals surface area contributed by atoms with Crippen molar-refractivity contribution in [2.24, 2.45) is 16.8 Å². The van der Waals surface area contributed by atoms with Gasteiger partial charge in [-0.15, -0.1) is 0 Å². The molecule has 2 amide bonds. The van der Waals surface area contributed by atoms with E-state index in [4.69, 9.17) is 4.99 Å². The second-order valence-electron chi connectivity index (χ2n) is 10.1. The first-order valence-electron chi connectivity index (χ1n) is 12.3. The molecule has 33 heavy (non-hydrogen) atoms. The zero-order valence-electron chi connectivity index (χ0n) is 18.9. The predicted molar refractivity (Wildman–Crippen MR) is 127 cm³/mol. The van der Waals surface area contributed by atoms with Gasteiger partial charge in [0, 0.05) is 43.5 Å². The molecule has 3 fully saturated rings. The van der Waals surface area contributed by atoms with Crippen LogP contribution in [0.3, 0.4) is 0 Å². The molecule has 0 radical (unpaired) electrons. The van der Waals surface area contributed by atoms with Gasteiger partial charge in [0.1, 0.15) is 11.4 Å². The summed E-state index contributed by atoms with van der Waals surface area (Å²) in [6.07, 6.45) is 10.5. The molecule has 6 nitrogen and oxygen atoms in total. The Morgan fingerprint density at radius 1 is 0.939 bits per heavy atom. The van der Waals surface area contributed by atoms with Crippen LogP contribution in [0.15, 0.2) is 53.8 Å². The van der Waals surface area contributed by atoms with Crippen LogP contribution < -0.4 is 0 Å². The Morgan fingerprint density at radius 3 is 2.30 bits per heavy atom. The summed E-state index contributed by atoms with van der Waals surface area (Å²) in [5.41, 5.74) is 2.67. The van der Waals surface area contributed by atoms with Crippen LogP contribution in [-0.4, -0.2) is 57.6 Å². The number of likely N-dealkylation sites (tertiary alicyclic amines) is 1. The first-order chi connectivity index (χ1) is 16.1. The minimum absolute atomic E-state index is 0.167. The molecule has 0 N–H and O–H groups in total. The van der Waals surface area contributed by atoms with Crippen LogP contribution in [0, 0.1) is 11.8 Å². The van der Waals surface area contributed by atoms with E-state index < -0.39 is 5.54 Å². The van der Waals surface area contributed by atoms with Crippen LogP contribution in [-0.2, 0) is 9.59 Å². The third-order valence-electron chi connectivity index (χ3n) is 7.77. The van der Waals surface area contributed by atoms with E-state index in [-0.39, 0.29) is 11.8 Å². The van der Waals surface area contributed by atoms with E-state index in [9.17, 15) is 9.59 Å². The fourth-order valence-electron chi connectivity index (χ4n) is 5.72. The van der Waals surface area contributed by atoms with Gasteiger partial charge in [0.05, 0.1) is 0 Å². The molecule has 1 aromatic carbocycles. The second-order valence-corrected chi connectivity index (χ2v) is 10.1. The normalized spacial score (nSPS) is 24.1. The standard InChI is InChI=1S/C27H30N4O2/c32-25(23-7-8-23)30-16-11-19(17-30)18-31-24(29-27(26(31)33)12-1-2-13-27)22-5-3-20(4-6-22)21-9-14-28-15-10-21/h3-6,9-10,14-15,19,23H,1-2,7-8,11-13,16-18H2/t19-/m1/s1. The van der Waals surface area contributed by atoms with Crippen molar-refractivity contribution in [2.45, 2.75) is 50.5 Å². The summed E-state index contributed by atoms with van der Waals surface area (Å²) in [6.45, 7) is 2.24. The number of benzene rings is 1. The summed E-state index contributed by atoms with van der Waals surface area (Å²) in [6, 6.07) is 12.4. The van der Waals surface area contributed by atoms with E-state index in [0.717, 1.165) is 80.6 Å². The first kappa shape index (κ1) is 20.6. The van der Waals surface area contributed by atoms with Crippen LogP contribution in [0.4, 0.5) is 0 Å². The minimum atomic E-state index is -0.568. The van der Waals surface area contributed by atoms with Crippen molar-refractivity contribution in [3.05, 3.63) is 54.4 Å². The van der Waals surface area contributed by atoms with Gasteiger partial charge in [-0.05, 0) is 61.3 Å². The maximum atomic E-state index is 13.6. The van der Waals surface area contributed by atoms with Crippen LogP contribution in [0.25, 0.3) is 11.1 Å². The Kier molecular flexibility index (Phi) is 5.04. The van der Waals surface area contributed by atoms with Crippen molar-refractivity contribution in [3.63, 3.8) is 0 Å². The van der Waals surface area contributed by atoms with Crippen molar-refractivity contribution >= 4 is 17.6 Å². The lowest BCUT2D eigenvalue weighted by Crippen LogP contribution is -2.44. The number of hydrogen-bond acceptors (Lipinski definition) is 4. The van der Waals surface area contributed by atoms with Crippen LogP contribution in [0.2, 0.25) is 0 Å². The molecule has 2 aliphatic heterocycles. The molecule has 2 aromatic rings. The molecule has 3 heterocycles. The maximum Gasteiger partial charge on any atom is 0.256 e. The molecule has 1 aromatic heterocycles. The Labute approximate surface area is 194 Å². The topological polar surface area (TPSA) is 65.9 Å². The molecule has 2 saturated carbocycles. The maximum absolute atomic E-state index is 13.6. The number of hydrogen-bond donors (Lipinski definition) is 0. The number of aliphatic imine (C=N–C) groups is 1. The SMILES string of the molecule is O=C(C1CC1)N1CC[C@@H](CN2C(=O)C3(CCCC3)N=C2c2ccc(-c3ccncc3)cc2)C1. The van der Waals surface area contributed by atoms with E-state index in [0.29, 0.717) is 18.4 Å². The van der Waals surface area contributed by atoms with Gasteiger partial charge < -0.3 is 4.90 Å². The quantitative estimate of drug-likeness (QED) is 0.705. The largest absolute Gasteiger partial charge is 0.342 e. The number of amides is 2. The Hall–Kier alpha value is -3.02. The van der Waals surface area contributed by atoms with Crippen LogP contribution in [0.5, 0.6) is 0 Å². The number of amidine groups is 1. The van der Waals surface area contributed by atoms with Gasteiger partial charge in [0.25, 0.3) is 5.91 Å². The van der Waals surface area contributed by atoms with E-state index in [2.05, 4.69) is 29.2 Å². The Bertz CT molecular complexity index is 1080. The summed E-state index contributed by atoms with van der Waals surface area (Å²) < 4.78 is 0. The summed E-state index contributed by atoms with van der Waals surface area (Å²) in [4.78, 5) is 39.3. The van der Waals surface area contributed by atoms with Crippen molar-refractivity contribution in [1.82, 2.24) is 14.8 Å². The summed E-state index contributed by atoms with van der Waals surface area (Å²) in [5.74, 6) is 1.87. The molecule has 1 atom stereocenters. The fourth-order valence-corrected chi connectivity index (χ4v) is 5.72. The zero-order chi connectivity index (χ0) is 22.4. The zero-order valence-corrected chi connectivity index (χ0v) is 18.9. The van der Waals surface area contributed by atoms with Gasteiger partial charge in [-0.25, -0.2) is 0 Å². The van der Waals surface area contributed by atoms with Crippen molar-refractivity contribution in [3.8, 4) is 11.1 Å². The van der Waals surface area contributed by atoms with Crippen LogP contribution in [0.1, 0.15) is 50.5 Å². The number of carbonyl (C=O) groups is 2. The summed E-state index contributed by atoms with van der Waals surface area (Å²) >= 11 is 0. The highest BCUT2D eigenvalue weighted by Gasteiger charge is 2.50. The molecule has 0 bridgehead atoms. The summed E-state index contributed by atoms with van der Waals surface area (Å²) in [5, 5.41) is 0. The molecule has 6 heteroatoms. The highest BCUT2D eigenvalue weighted by Crippen LogP contribution is 2.41. The van der Waals surface area contributed by atoms with Crippen LogP contribution >= 0.6 is 0 Å². The van der Waals surface area contributed by atoms with E-state index >= 15 is 0 Å².